The van der Waals surface area contributed by atoms with Crippen molar-refractivity contribution in [2.24, 2.45) is 17.3 Å². The molecule has 1 fully saturated rings. The van der Waals surface area contributed by atoms with Crippen LogP contribution < -0.4 is 5.32 Å². The Labute approximate surface area is 99.8 Å². The molecule has 0 aromatic rings. The van der Waals surface area contributed by atoms with Crippen molar-refractivity contribution >= 4 is 11.8 Å². The van der Waals surface area contributed by atoms with Crippen molar-refractivity contribution in [3.05, 3.63) is 0 Å². The Bertz CT molecular complexity index is 189. The summed E-state index contributed by atoms with van der Waals surface area (Å²) in [5.41, 5.74) is 0.488. The molecule has 1 saturated heterocycles. The highest BCUT2D eigenvalue weighted by Crippen LogP contribution is 2.34. The second-order valence-electron chi connectivity index (χ2n) is 6.00. The summed E-state index contributed by atoms with van der Waals surface area (Å²) in [6.45, 7) is 13.0. The molecule has 90 valence electrons. The largest absolute Gasteiger partial charge is 0.312 e. The van der Waals surface area contributed by atoms with Crippen LogP contribution >= 0.6 is 11.8 Å². The Hall–Kier alpha value is 0.310. The summed E-state index contributed by atoms with van der Waals surface area (Å²) in [4.78, 5) is 0. The number of hydrogen-bond acceptors (Lipinski definition) is 2. The van der Waals surface area contributed by atoms with Crippen molar-refractivity contribution in [3.63, 3.8) is 0 Å². The van der Waals surface area contributed by atoms with Gasteiger partial charge in [0.25, 0.3) is 0 Å². The minimum Gasteiger partial charge on any atom is -0.312 e. The van der Waals surface area contributed by atoms with Crippen LogP contribution in [-0.2, 0) is 0 Å². The summed E-state index contributed by atoms with van der Waals surface area (Å²) >= 11 is 2.10. The number of nitrogens with one attached hydrogen (secondary N) is 1. The molecular weight excluding hydrogens is 202 g/mol. The van der Waals surface area contributed by atoms with E-state index in [2.05, 4.69) is 51.7 Å². The Kier molecular flexibility index (Phi) is 4.98. The summed E-state index contributed by atoms with van der Waals surface area (Å²) < 4.78 is 0. The third kappa shape index (κ3) is 3.99. The van der Waals surface area contributed by atoms with E-state index in [1.807, 2.05) is 0 Å². The van der Waals surface area contributed by atoms with Gasteiger partial charge in [0.2, 0.25) is 0 Å². The van der Waals surface area contributed by atoms with Gasteiger partial charge in [0.05, 0.1) is 0 Å². The first kappa shape index (κ1) is 13.4. The van der Waals surface area contributed by atoms with E-state index in [9.17, 15) is 0 Å². The van der Waals surface area contributed by atoms with Gasteiger partial charge in [-0.1, -0.05) is 34.6 Å². The van der Waals surface area contributed by atoms with Gasteiger partial charge in [0.15, 0.2) is 0 Å². The first-order chi connectivity index (χ1) is 6.93. The topological polar surface area (TPSA) is 12.0 Å². The average molecular weight is 229 g/mol. The molecule has 1 nitrogen and oxygen atoms in total. The van der Waals surface area contributed by atoms with E-state index < -0.39 is 0 Å². The molecule has 0 spiro atoms. The maximum absolute atomic E-state index is 3.77. The van der Waals surface area contributed by atoms with Crippen molar-refractivity contribution in [3.8, 4) is 0 Å². The second kappa shape index (κ2) is 5.58. The van der Waals surface area contributed by atoms with Gasteiger partial charge in [-0.05, 0) is 36.0 Å². The highest BCUT2D eigenvalue weighted by Gasteiger charge is 2.32. The highest BCUT2D eigenvalue weighted by atomic mass is 32.2. The lowest BCUT2D eigenvalue weighted by molar-refractivity contribution is 0.230. The van der Waals surface area contributed by atoms with E-state index in [0.29, 0.717) is 11.5 Å². The summed E-state index contributed by atoms with van der Waals surface area (Å²) in [5.74, 6) is 4.20. The molecule has 1 aliphatic heterocycles. The molecule has 2 unspecified atom stereocenters. The SMILES string of the molecule is CC(C)C(C)CNC1CSCCC1(C)C. The van der Waals surface area contributed by atoms with E-state index in [1.54, 1.807) is 0 Å². The molecular formula is C13H27NS. The molecule has 0 amide bonds. The van der Waals surface area contributed by atoms with Gasteiger partial charge in [-0.15, -0.1) is 0 Å². The fraction of sp³-hybridized carbons (Fsp3) is 1.00. The summed E-state index contributed by atoms with van der Waals surface area (Å²) in [5, 5.41) is 3.77. The van der Waals surface area contributed by atoms with Gasteiger partial charge in [-0.2, -0.15) is 11.8 Å². The predicted molar refractivity (Wildman–Crippen MR) is 71.5 cm³/mol. The second-order valence-corrected chi connectivity index (χ2v) is 7.15. The Balaban J connectivity index is 2.36. The molecule has 0 radical (unpaired) electrons. The van der Waals surface area contributed by atoms with Crippen LogP contribution in [-0.4, -0.2) is 24.1 Å². The van der Waals surface area contributed by atoms with Crippen LogP contribution in [0.15, 0.2) is 0 Å². The van der Waals surface area contributed by atoms with E-state index in [1.165, 1.54) is 24.5 Å². The van der Waals surface area contributed by atoms with Crippen molar-refractivity contribution in [1.29, 1.82) is 0 Å². The summed E-state index contributed by atoms with van der Waals surface area (Å²) in [7, 11) is 0. The van der Waals surface area contributed by atoms with E-state index in [4.69, 9.17) is 0 Å². The molecule has 1 aliphatic rings. The summed E-state index contributed by atoms with van der Waals surface area (Å²) in [6.07, 6.45) is 1.35. The van der Waals surface area contributed by atoms with Gasteiger partial charge < -0.3 is 5.32 Å². The van der Waals surface area contributed by atoms with Crippen LogP contribution in [0.3, 0.4) is 0 Å². The van der Waals surface area contributed by atoms with Crippen LogP contribution in [0.2, 0.25) is 0 Å². The lowest BCUT2D eigenvalue weighted by Crippen LogP contribution is -2.48. The summed E-state index contributed by atoms with van der Waals surface area (Å²) in [6, 6.07) is 0.706. The smallest absolute Gasteiger partial charge is 0.0209 e. The molecule has 0 saturated carbocycles. The van der Waals surface area contributed by atoms with Gasteiger partial charge in [-0.3, -0.25) is 0 Å². The standard InChI is InChI=1S/C13H27NS/c1-10(2)11(3)8-14-12-9-15-7-6-13(12,4)5/h10-12,14H,6-9H2,1-5H3. The molecule has 1 heterocycles. The zero-order valence-corrected chi connectivity index (χ0v) is 11.8. The quantitative estimate of drug-likeness (QED) is 0.793. The minimum absolute atomic E-state index is 0.488. The lowest BCUT2D eigenvalue weighted by Gasteiger charge is -2.39. The Morgan fingerprint density at radius 3 is 2.53 bits per heavy atom. The molecule has 0 bridgehead atoms. The number of hydrogen-bond donors (Lipinski definition) is 1. The monoisotopic (exact) mass is 229 g/mol. The first-order valence-electron chi connectivity index (χ1n) is 6.24. The average Bonchev–Trinajstić information content (AvgIpc) is 2.14. The molecule has 15 heavy (non-hydrogen) atoms. The van der Waals surface area contributed by atoms with Gasteiger partial charge in [0.1, 0.15) is 0 Å². The van der Waals surface area contributed by atoms with Crippen LogP contribution in [0, 0.1) is 17.3 Å². The lowest BCUT2D eigenvalue weighted by atomic mass is 9.82. The molecule has 1 N–H and O–H groups in total. The van der Waals surface area contributed by atoms with Crippen molar-refractivity contribution in [2.45, 2.75) is 47.1 Å². The van der Waals surface area contributed by atoms with Gasteiger partial charge >= 0.3 is 0 Å². The van der Waals surface area contributed by atoms with Gasteiger partial charge in [-0.25, -0.2) is 0 Å². The number of thioether (sulfide) groups is 1. The molecule has 0 aromatic heterocycles. The molecule has 2 heteroatoms. The van der Waals surface area contributed by atoms with Gasteiger partial charge in [0, 0.05) is 11.8 Å². The normalized spacial score (nSPS) is 28.0. The van der Waals surface area contributed by atoms with Crippen LogP contribution in [0.5, 0.6) is 0 Å². The Morgan fingerprint density at radius 2 is 2.00 bits per heavy atom. The van der Waals surface area contributed by atoms with Crippen LogP contribution in [0.4, 0.5) is 0 Å². The molecule has 2 atom stereocenters. The van der Waals surface area contributed by atoms with Crippen LogP contribution in [0.25, 0.3) is 0 Å². The van der Waals surface area contributed by atoms with Crippen molar-refractivity contribution < 1.29 is 0 Å². The van der Waals surface area contributed by atoms with E-state index >= 15 is 0 Å². The van der Waals surface area contributed by atoms with E-state index in [-0.39, 0.29) is 0 Å². The highest BCUT2D eigenvalue weighted by molar-refractivity contribution is 7.99. The predicted octanol–water partition coefficient (Wildman–Crippen LogP) is 3.40. The molecule has 0 aliphatic carbocycles. The van der Waals surface area contributed by atoms with Crippen LogP contribution in [0.1, 0.15) is 41.0 Å². The maximum Gasteiger partial charge on any atom is 0.0209 e. The van der Waals surface area contributed by atoms with E-state index in [0.717, 1.165) is 11.8 Å². The molecule has 1 rings (SSSR count). The third-order valence-electron chi connectivity index (χ3n) is 3.94. The Morgan fingerprint density at radius 1 is 1.33 bits per heavy atom. The fourth-order valence-corrected chi connectivity index (χ4v) is 3.48. The zero-order chi connectivity index (χ0) is 11.5. The minimum atomic E-state index is 0.488. The van der Waals surface area contributed by atoms with Crippen molar-refractivity contribution in [2.75, 3.05) is 18.1 Å². The third-order valence-corrected chi connectivity index (χ3v) is 5.00. The van der Waals surface area contributed by atoms with Crippen molar-refractivity contribution in [1.82, 2.24) is 5.32 Å². The fourth-order valence-electron chi connectivity index (χ4n) is 1.84. The maximum atomic E-state index is 3.77. The first-order valence-corrected chi connectivity index (χ1v) is 7.40. The number of rotatable bonds is 4. The molecule has 0 aromatic carbocycles. The zero-order valence-electron chi connectivity index (χ0n) is 11.0.